The smallest absolute Gasteiger partial charge is 0.220 e. The average molecular weight is 684 g/mol. The lowest BCUT2D eigenvalue weighted by atomic mass is 9.99. The number of amides is 1. The van der Waals surface area contributed by atoms with Crippen LogP contribution in [0.3, 0.4) is 0 Å². The third kappa shape index (κ3) is 21.7. The maximum atomic E-state index is 12.8. The van der Waals surface area contributed by atoms with E-state index in [1.54, 1.807) is 6.08 Å². The van der Waals surface area contributed by atoms with Crippen LogP contribution in [-0.2, 0) is 14.3 Å². The van der Waals surface area contributed by atoms with Gasteiger partial charge in [-0.15, -0.1) is 0 Å². The minimum absolute atomic E-state index is 0.189. The zero-order valence-electron chi connectivity index (χ0n) is 30.5. The van der Waals surface area contributed by atoms with Gasteiger partial charge in [0.25, 0.3) is 0 Å². The summed E-state index contributed by atoms with van der Waals surface area (Å²) in [5.74, 6) is -0.189. The van der Waals surface area contributed by atoms with Gasteiger partial charge < -0.3 is 40.3 Å². The number of hydrogen-bond donors (Lipinski definition) is 6. The van der Waals surface area contributed by atoms with Crippen LogP contribution in [-0.4, -0.2) is 87.5 Å². The molecule has 0 aromatic carbocycles. The van der Waals surface area contributed by atoms with Crippen LogP contribution < -0.4 is 5.32 Å². The highest BCUT2D eigenvalue weighted by Crippen LogP contribution is 2.22. The van der Waals surface area contributed by atoms with Gasteiger partial charge in [-0.2, -0.15) is 0 Å². The second-order valence-electron chi connectivity index (χ2n) is 13.7. The number of rotatable bonds is 31. The molecule has 1 aliphatic heterocycles. The highest BCUT2D eigenvalue weighted by Gasteiger charge is 2.44. The van der Waals surface area contributed by atoms with E-state index in [0.717, 1.165) is 57.8 Å². The largest absolute Gasteiger partial charge is 0.394 e. The van der Waals surface area contributed by atoms with Crippen LogP contribution in [0.1, 0.15) is 162 Å². The molecule has 1 fully saturated rings. The molecular weight excluding hydrogens is 610 g/mol. The molecule has 0 radical (unpaired) electrons. The Morgan fingerprint density at radius 2 is 1.17 bits per heavy atom. The number of allylic oxidation sites excluding steroid dienone is 3. The molecular formula is C39H73NO8. The number of carbonyl (C=O) groups is 1. The van der Waals surface area contributed by atoms with Gasteiger partial charge in [0, 0.05) is 6.42 Å². The number of ether oxygens (including phenoxy) is 2. The second kappa shape index (κ2) is 30.5. The fourth-order valence-electron chi connectivity index (χ4n) is 6.03. The average Bonchev–Trinajstić information content (AvgIpc) is 3.08. The normalized spacial score (nSPS) is 22.9. The first-order chi connectivity index (χ1) is 23.3. The molecule has 2 unspecified atom stereocenters. The number of carbonyl (C=O) groups excluding carboxylic acids is 1. The van der Waals surface area contributed by atoms with Crippen LogP contribution in [0.25, 0.3) is 0 Å². The monoisotopic (exact) mass is 684 g/mol. The van der Waals surface area contributed by atoms with Gasteiger partial charge in [-0.05, 0) is 44.9 Å². The minimum Gasteiger partial charge on any atom is -0.394 e. The standard InChI is InChI=1S/C39H73NO8/c1-3-5-7-9-11-13-15-16-17-19-21-23-25-27-29-35(43)40-32(31-47-39-38(46)37(45)36(44)34(30-41)48-39)33(42)28-26-24-22-20-18-14-12-10-8-6-4-2/h15-16,26,28,32-34,36-39,41-42,44-46H,3-14,17-25,27,29-31H2,1-2H3,(H,40,43)/b16-15+,28-26+/t32-,33+,34-,36-,37?,38?,39-/m0/s1. The van der Waals surface area contributed by atoms with Crippen molar-refractivity contribution in [2.45, 2.75) is 204 Å². The summed E-state index contributed by atoms with van der Waals surface area (Å²) in [6.07, 6.45) is 26.4. The van der Waals surface area contributed by atoms with E-state index >= 15 is 0 Å². The van der Waals surface area contributed by atoms with Crippen molar-refractivity contribution in [2.24, 2.45) is 0 Å². The summed E-state index contributed by atoms with van der Waals surface area (Å²) in [6, 6.07) is -0.803. The van der Waals surface area contributed by atoms with Crippen LogP contribution in [0.5, 0.6) is 0 Å². The Hall–Kier alpha value is -1.33. The molecule has 1 rings (SSSR count). The van der Waals surface area contributed by atoms with E-state index in [1.807, 2.05) is 6.08 Å². The van der Waals surface area contributed by atoms with Crippen LogP contribution in [0.2, 0.25) is 0 Å². The lowest BCUT2D eigenvalue weighted by Crippen LogP contribution is -2.60. The van der Waals surface area contributed by atoms with E-state index in [-0.39, 0.29) is 12.5 Å². The van der Waals surface area contributed by atoms with Crippen molar-refractivity contribution in [3.63, 3.8) is 0 Å². The van der Waals surface area contributed by atoms with E-state index < -0.39 is 49.5 Å². The third-order valence-corrected chi connectivity index (χ3v) is 9.27. The third-order valence-electron chi connectivity index (χ3n) is 9.27. The molecule has 9 nitrogen and oxygen atoms in total. The van der Waals surface area contributed by atoms with E-state index in [0.29, 0.717) is 6.42 Å². The highest BCUT2D eigenvalue weighted by molar-refractivity contribution is 5.76. The molecule has 1 aliphatic rings. The summed E-state index contributed by atoms with van der Waals surface area (Å²) in [7, 11) is 0. The molecule has 0 saturated carbocycles. The summed E-state index contributed by atoms with van der Waals surface area (Å²) in [5, 5.41) is 53.8. The van der Waals surface area contributed by atoms with Gasteiger partial charge in [-0.1, -0.05) is 134 Å². The quantitative estimate of drug-likeness (QED) is 0.0346. The van der Waals surface area contributed by atoms with E-state index in [1.165, 1.54) is 83.5 Å². The molecule has 6 N–H and O–H groups in total. The molecule has 7 atom stereocenters. The van der Waals surface area contributed by atoms with Crippen molar-refractivity contribution >= 4 is 5.91 Å². The van der Waals surface area contributed by atoms with Gasteiger partial charge in [0.15, 0.2) is 6.29 Å². The first-order valence-corrected chi connectivity index (χ1v) is 19.6. The predicted octanol–water partition coefficient (Wildman–Crippen LogP) is 6.77. The Kier molecular flexibility index (Phi) is 28.4. The van der Waals surface area contributed by atoms with Gasteiger partial charge in [0.05, 0.1) is 25.4 Å². The first-order valence-electron chi connectivity index (χ1n) is 19.6. The fourth-order valence-corrected chi connectivity index (χ4v) is 6.03. The Bertz CT molecular complexity index is 807. The minimum atomic E-state index is -1.56. The first kappa shape index (κ1) is 44.7. The second-order valence-corrected chi connectivity index (χ2v) is 13.7. The molecule has 0 bridgehead atoms. The fraction of sp³-hybridized carbons (Fsp3) is 0.872. The van der Waals surface area contributed by atoms with Crippen LogP contribution in [0.4, 0.5) is 0 Å². The van der Waals surface area contributed by atoms with Gasteiger partial charge >= 0.3 is 0 Å². The number of aliphatic hydroxyl groups is 5. The summed E-state index contributed by atoms with van der Waals surface area (Å²) in [4.78, 5) is 12.8. The van der Waals surface area contributed by atoms with Gasteiger partial charge in [0.2, 0.25) is 5.91 Å². The molecule has 0 aromatic rings. The maximum absolute atomic E-state index is 12.8. The zero-order valence-corrected chi connectivity index (χ0v) is 30.5. The lowest BCUT2D eigenvalue weighted by molar-refractivity contribution is -0.302. The van der Waals surface area contributed by atoms with Gasteiger partial charge in [0.1, 0.15) is 24.4 Å². The van der Waals surface area contributed by atoms with Crippen molar-refractivity contribution < 1.29 is 39.8 Å². The Labute approximate surface area is 292 Å². The molecule has 9 heteroatoms. The van der Waals surface area contributed by atoms with Crippen molar-refractivity contribution in [1.82, 2.24) is 5.32 Å². The number of aliphatic hydroxyl groups excluding tert-OH is 5. The molecule has 0 aliphatic carbocycles. The SMILES string of the molecule is CCCCCCC/C=C/CCCCCCCC(=O)N[C@@H](CO[C@H]1O[C@@H](CO)[C@H](O)C(O)C1O)[C@H](O)/C=C/CCCCCCCCCCC. The van der Waals surface area contributed by atoms with Gasteiger partial charge in [-0.25, -0.2) is 0 Å². The molecule has 282 valence electrons. The lowest BCUT2D eigenvalue weighted by Gasteiger charge is -2.40. The molecule has 0 spiro atoms. The molecule has 0 aromatic heterocycles. The van der Waals surface area contributed by atoms with Crippen molar-refractivity contribution in [2.75, 3.05) is 13.2 Å². The van der Waals surface area contributed by atoms with Crippen LogP contribution in [0, 0.1) is 0 Å². The van der Waals surface area contributed by atoms with E-state index in [4.69, 9.17) is 9.47 Å². The molecule has 1 saturated heterocycles. The molecule has 48 heavy (non-hydrogen) atoms. The van der Waals surface area contributed by atoms with Crippen molar-refractivity contribution in [3.8, 4) is 0 Å². The molecule has 1 amide bonds. The topological polar surface area (TPSA) is 149 Å². The maximum Gasteiger partial charge on any atom is 0.220 e. The zero-order chi connectivity index (χ0) is 35.2. The molecule has 1 heterocycles. The Morgan fingerprint density at radius 3 is 1.69 bits per heavy atom. The number of unbranched alkanes of at least 4 members (excludes halogenated alkanes) is 19. The van der Waals surface area contributed by atoms with Gasteiger partial charge in [-0.3, -0.25) is 4.79 Å². The Morgan fingerprint density at radius 1 is 0.688 bits per heavy atom. The van der Waals surface area contributed by atoms with E-state index in [9.17, 15) is 30.3 Å². The van der Waals surface area contributed by atoms with Crippen LogP contribution >= 0.6 is 0 Å². The van der Waals surface area contributed by atoms with Crippen LogP contribution in [0.15, 0.2) is 24.3 Å². The van der Waals surface area contributed by atoms with Crippen molar-refractivity contribution in [3.05, 3.63) is 24.3 Å². The number of nitrogens with one attached hydrogen (secondary N) is 1. The predicted molar refractivity (Wildman–Crippen MR) is 193 cm³/mol. The summed E-state index contributed by atoms with van der Waals surface area (Å²) >= 11 is 0. The number of hydrogen-bond acceptors (Lipinski definition) is 8. The van der Waals surface area contributed by atoms with Crippen molar-refractivity contribution in [1.29, 1.82) is 0 Å². The highest BCUT2D eigenvalue weighted by atomic mass is 16.7. The summed E-state index contributed by atoms with van der Waals surface area (Å²) < 4.78 is 11.1. The van der Waals surface area contributed by atoms with E-state index in [2.05, 4.69) is 31.3 Å². The summed E-state index contributed by atoms with van der Waals surface area (Å²) in [6.45, 7) is 3.72. The summed E-state index contributed by atoms with van der Waals surface area (Å²) in [5.41, 5.74) is 0. The Balaban J connectivity index is 2.46.